The molecule has 0 aromatic heterocycles. The van der Waals surface area contributed by atoms with E-state index in [9.17, 15) is 23.1 Å². The van der Waals surface area contributed by atoms with Gasteiger partial charge in [-0.15, -0.1) is 0 Å². The number of carboxylic acid groups (broad SMARTS) is 1. The topological polar surface area (TPSA) is 49.8 Å². The molecule has 4 nitrogen and oxygen atoms in total. The Labute approximate surface area is 210 Å². The minimum atomic E-state index is -4.52. The fraction of sp³-hybridized carbons (Fsp3) is 0.621. The van der Waals surface area contributed by atoms with Gasteiger partial charge >= 0.3 is 12.1 Å². The molecule has 2 heterocycles. The number of aliphatic carboxylic acids is 1. The van der Waals surface area contributed by atoms with E-state index in [0.717, 1.165) is 56.9 Å². The number of nitrogens with zero attached hydrogens (tertiary/aromatic N) is 1. The molecule has 5 rings (SSSR count). The molecule has 3 aliphatic rings. The Kier molecular flexibility index (Phi) is 7.21. The third-order valence-electron chi connectivity index (χ3n) is 8.84. The molecular formula is C29H36F3NO3. The van der Waals surface area contributed by atoms with Gasteiger partial charge in [-0.1, -0.05) is 38.0 Å². The molecule has 2 atom stereocenters. The minimum absolute atomic E-state index is 0.0637. The maximum absolute atomic E-state index is 14.4. The highest BCUT2D eigenvalue weighted by molar-refractivity contribution is 5.89. The number of piperidine rings is 2. The molecule has 3 fully saturated rings. The molecule has 196 valence electrons. The maximum Gasteiger partial charge on any atom is 0.420 e. The first-order chi connectivity index (χ1) is 17.2. The van der Waals surface area contributed by atoms with Gasteiger partial charge in [0, 0.05) is 18.6 Å². The summed E-state index contributed by atoms with van der Waals surface area (Å²) in [6.07, 6.45) is 4.20. The quantitative estimate of drug-likeness (QED) is 0.446. The summed E-state index contributed by atoms with van der Waals surface area (Å²) in [4.78, 5) is 13.9. The lowest BCUT2D eigenvalue weighted by atomic mass is 9.78. The molecule has 2 aliphatic heterocycles. The van der Waals surface area contributed by atoms with Crippen molar-refractivity contribution in [2.75, 3.05) is 0 Å². The number of benzene rings is 2. The molecule has 2 unspecified atom stereocenters. The predicted octanol–water partition coefficient (Wildman–Crippen LogP) is 7.42. The molecule has 0 spiro atoms. The summed E-state index contributed by atoms with van der Waals surface area (Å²) >= 11 is 0. The smallest absolute Gasteiger partial charge is 0.420 e. The van der Waals surface area contributed by atoms with E-state index in [2.05, 4.69) is 11.8 Å². The van der Waals surface area contributed by atoms with Crippen LogP contribution in [0.4, 0.5) is 13.2 Å². The molecule has 0 radical (unpaired) electrons. The lowest BCUT2D eigenvalue weighted by molar-refractivity contribution is -0.146. The lowest BCUT2D eigenvalue weighted by Crippen LogP contribution is -2.52. The first kappa shape index (κ1) is 25.4. The van der Waals surface area contributed by atoms with E-state index >= 15 is 0 Å². The van der Waals surface area contributed by atoms with E-state index in [-0.39, 0.29) is 35.2 Å². The highest BCUT2D eigenvalue weighted by Crippen LogP contribution is 2.44. The van der Waals surface area contributed by atoms with Crippen molar-refractivity contribution in [3.63, 3.8) is 0 Å². The van der Waals surface area contributed by atoms with E-state index in [1.54, 1.807) is 18.2 Å². The number of rotatable bonds is 6. The number of alkyl halides is 3. The SMILES string of the molecule is CC[C@H]1CC[C@@H](Oc2ccc3ccc(CN4C5CCCC4CC(C(=O)O)C5)cc3c2C(F)(F)F)CC1. The zero-order valence-electron chi connectivity index (χ0n) is 20.9. The summed E-state index contributed by atoms with van der Waals surface area (Å²) in [5, 5.41) is 10.3. The Morgan fingerprint density at radius 2 is 1.69 bits per heavy atom. The summed E-state index contributed by atoms with van der Waals surface area (Å²) in [6.45, 7) is 2.71. The summed E-state index contributed by atoms with van der Waals surface area (Å²) < 4.78 is 49.2. The van der Waals surface area contributed by atoms with Gasteiger partial charge in [0.05, 0.1) is 12.0 Å². The number of carboxylic acids is 1. The van der Waals surface area contributed by atoms with E-state index in [1.165, 1.54) is 6.07 Å². The minimum Gasteiger partial charge on any atom is -0.490 e. The molecule has 36 heavy (non-hydrogen) atoms. The van der Waals surface area contributed by atoms with Gasteiger partial charge in [-0.25, -0.2) is 0 Å². The molecule has 1 saturated carbocycles. The first-order valence-corrected chi connectivity index (χ1v) is 13.5. The second-order valence-electron chi connectivity index (χ2n) is 11.1. The molecule has 2 saturated heterocycles. The summed E-state index contributed by atoms with van der Waals surface area (Å²) in [7, 11) is 0. The normalized spacial score (nSPS) is 29.3. The second-order valence-corrected chi connectivity index (χ2v) is 11.1. The Bertz CT molecular complexity index is 1080. The average Bonchev–Trinajstić information content (AvgIpc) is 2.83. The summed E-state index contributed by atoms with van der Waals surface area (Å²) in [6, 6.07) is 8.92. The van der Waals surface area contributed by atoms with E-state index in [0.29, 0.717) is 30.7 Å². The molecular weight excluding hydrogens is 467 g/mol. The van der Waals surface area contributed by atoms with Crippen molar-refractivity contribution in [2.45, 2.75) is 102 Å². The van der Waals surface area contributed by atoms with Crippen molar-refractivity contribution < 1.29 is 27.8 Å². The number of carbonyl (C=O) groups is 1. The highest BCUT2D eigenvalue weighted by Gasteiger charge is 2.41. The van der Waals surface area contributed by atoms with Gasteiger partial charge in [0.25, 0.3) is 0 Å². The predicted molar refractivity (Wildman–Crippen MR) is 133 cm³/mol. The largest absolute Gasteiger partial charge is 0.490 e. The number of fused-ring (bicyclic) bond motifs is 3. The molecule has 7 heteroatoms. The van der Waals surface area contributed by atoms with Crippen molar-refractivity contribution in [3.8, 4) is 5.75 Å². The summed E-state index contributed by atoms with van der Waals surface area (Å²) in [5.74, 6) is -0.475. The van der Waals surface area contributed by atoms with Gasteiger partial charge in [-0.2, -0.15) is 13.2 Å². The van der Waals surface area contributed by atoms with Crippen LogP contribution in [0, 0.1) is 11.8 Å². The van der Waals surface area contributed by atoms with Gasteiger partial charge in [-0.05, 0) is 85.8 Å². The molecule has 1 aliphatic carbocycles. The average molecular weight is 504 g/mol. The van der Waals surface area contributed by atoms with Crippen LogP contribution in [0.15, 0.2) is 30.3 Å². The van der Waals surface area contributed by atoms with Crippen LogP contribution in [0.25, 0.3) is 10.8 Å². The second kappa shape index (κ2) is 10.2. The Morgan fingerprint density at radius 1 is 1.03 bits per heavy atom. The molecule has 2 bridgehead atoms. The van der Waals surface area contributed by atoms with E-state index in [4.69, 9.17) is 4.74 Å². The van der Waals surface area contributed by atoms with Crippen LogP contribution in [0.3, 0.4) is 0 Å². The van der Waals surface area contributed by atoms with Gasteiger partial charge < -0.3 is 9.84 Å². The fourth-order valence-electron chi connectivity index (χ4n) is 6.82. The van der Waals surface area contributed by atoms with Crippen LogP contribution in [-0.2, 0) is 17.5 Å². The zero-order valence-corrected chi connectivity index (χ0v) is 20.9. The van der Waals surface area contributed by atoms with Crippen molar-refractivity contribution >= 4 is 16.7 Å². The Balaban J connectivity index is 1.42. The van der Waals surface area contributed by atoms with Crippen LogP contribution in [0.2, 0.25) is 0 Å². The molecule has 2 aromatic carbocycles. The Hall–Kier alpha value is -2.28. The number of hydrogen-bond donors (Lipinski definition) is 1. The molecule has 1 N–H and O–H groups in total. The van der Waals surface area contributed by atoms with Crippen molar-refractivity contribution in [2.24, 2.45) is 11.8 Å². The number of ether oxygens (including phenoxy) is 1. The van der Waals surface area contributed by atoms with Crippen molar-refractivity contribution in [3.05, 3.63) is 41.5 Å². The maximum atomic E-state index is 14.4. The third kappa shape index (κ3) is 5.22. The third-order valence-corrected chi connectivity index (χ3v) is 8.84. The van der Waals surface area contributed by atoms with Gasteiger partial charge in [0.2, 0.25) is 0 Å². The van der Waals surface area contributed by atoms with Gasteiger partial charge in [0.15, 0.2) is 0 Å². The van der Waals surface area contributed by atoms with Gasteiger partial charge in [-0.3, -0.25) is 9.69 Å². The van der Waals surface area contributed by atoms with Crippen LogP contribution < -0.4 is 4.74 Å². The van der Waals surface area contributed by atoms with Gasteiger partial charge in [0.1, 0.15) is 11.3 Å². The highest BCUT2D eigenvalue weighted by atomic mass is 19.4. The number of hydrogen-bond acceptors (Lipinski definition) is 3. The molecule has 2 aromatic rings. The zero-order chi connectivity index (χ0) is 25.4. The van der Waals surface area contributed by atoms with Crippen LogP contribution in [-0.4, -0.2) is 34.2 Å². The van der Waals surface area contributed by atoms with E-state index < -0.39 is 17.7 Å². The van der Waals surface area contributed by atoms with Crippen LogP contribution in [0.5, 0.6) is 5.75 Å². The first-order valence-electron chi connectivity index (χ1n) is 13.5. The fourth-order valence-corrected chi connectivity index (χ4v) is 6.82. The van der Waals surface area contributed by atoms with Crippen molar-refractivity contribution in [1.29, 1.82) is 0 Å². The lowest BCUT2D eigenvalue weighted by Gasteiger charge is -2.48. The van der Waals surface area contributed by atoms with Crippen LogP contribution >= 0.6 is 0 Å². The monoisotopic (exact) mass is 503 g/mol. The summed E-state index contributed by atoms with van der Waals surface area (Å²) in [5.41, 5.74) is 0.156. The van der Waals surface area contributed by atoms with Crippen molar-refractivity contribution in [1.82, 2.24) is 4.90 Å². The standard InChI is InChI=1S/C29H36F3NO3/c1-2-18-7-11-24(12-8-18)36-26-13-10-20-9-6-19(14-25(20)27(26)29(30,31)32)17-33-22-4-3-5-23(33)16-21(15-22)28(34)35/h6,9-10,13-14,18,21-24H,2-5,7-8,11-12,15-17H2,1H3,(H,34,35)/t18-,21?,22?,23?,24+. The van der Waals surface area contributed by atoms with E-state index in [1.807, 2.05) is 6.07 Å². The number of halogens is 3. The Morgan fingerprint density at radius 3 is 2.31 bits per heavy atom. The van der Waals surface area contributed by atoms with Crippen LogP contribution in [0.1, 0.15) is 82.3 Å². The molecule has 0 amide bonds.